The van der Waals surface area contributed by atoms with Crippen LogP contribution in [0.4, 0.5) is 0 Å². The molecule has 2 N–H and O–H groups in total. The van der Waals surface area contributed by atoms with E-state index < -0.39 is 0 Å². The van der Waals surface area contributed by atoms with Crippen LogP contribution in [-0.2, 0) is 0 Å². The summed E-state index contributed by atoms with van der Waals surface area (Å²) >= 11 is 0. The lowest BCUT2D eigenvalue weighted by molar-refractivity contribution is 0.0802. The van der Waals surface area contributed by atoms with Crippen LogP contribution in [0.1, 0.15) is 41.9 Å². The van der Waals surface area contributed by atoms with Gasteiger partial charge in [0.05, 0.1) is 11.6 Å². The van der Waals surface area contributed by atoms with E-state index in [2.05, 4.69) is 15.1 Å². The van der Waals surface area contributed by atoms with Crippen molar-refractivity contribution in [3.63, 3.8) is 0 Å². The first-order valence-electron chi connectivity index (χ1n) is 6.85. The Morgan fingerprint density at radius 2 is 2.14 bits per heavy atom. The number of halogens is 1. The van der Waals surface area contributed by atoms with Gasteiger partial charge in [-0.25, -0.2) is 9.97 Å². The molecule has 2 rings (SSSR count). The molecule has 7 nitrogen and oxygen atoms in total. The van der Waals surface area contributed by atoms with Gasteiger partial charge in [0.15, 0.2) is 11.6 Å². The van der Waals surface area contributed by atoms with Crippen LogP contribution in [0.3, 0.4) is 0 Å². The molecule has 0 aliphatic rings. The Morgan fingerprint density at radius 1 is 1.45 bits per heavy atom. The van der Waals surface area contributed by atoms with Gasteiger partial charge in [-0.1, -0.05) is 0 Å². The molecule has 0 fully saturated rings. The van der Waals surface area contributed by atoms with Crippen LogP contribution in [0.15, 0.2) is 18.3 Å². The van der Waals surface area contributed by atoms with Crippen molar-refractivity contribution in [2.45, 2.75) is 26.8 Å². The normalized spacial score (nSPS) is 11.7. The van der Waals surface area contributed by atoms with E-state index in [4.69, 9.17) is 5.73 Å². The molecule has 8 heteroatoms. The molecule has 0 spiro atoms. The first-order valence-corrected chi connectivity index (χ1v) is 6.85. The molecule has 1 amide bonds. The molecule has 0 aliphatic heterocycles. The van der Waals surface area contributed by atoms with Gasteiger partial charge < -0.3 is 10.6 Å². The van der Waals surface area contributed by atoms with E-state index in [1.54, 1.807) is 41.9 Å². The summed E-state index contributed by atoms with van der Waals surface area (Å²) in [6.45, 7) is 6.22. The number of rotatable bonds is 4. The summed E-state index contributed by atoms with van der Waals surface area (Å²) in [5, 5.41) is 4.30. The first kappa shape index (κ1) is 18.1. The minimum absolute atomic E-state index is 0. The van der Waals surface area contributed by atoms with Crippen LogP contribution in [0.25, 0.3) is 5.82 Å². The molecule has 0 bridgehead atoms. The number of aryl methyl sites for hydroxylation is 1. The standard InChI is InChI=1S/C14H20N6O.ClH/c1-5-19(4)14(21)11-6-7-12(16-8-11)20-13(9(2)15)17-10(3)18-20;/h6-9H,5,15H2,1-4H3;1H. The fraction of sp³-hybridized carbons (Fsp3) is 0.429. The van der Waals surface area contributed by atoms with E-state index in [1.807, 2.05) is 13.8 Å². The Hall–Kier alpha value is -1.99. The highest BCUT2D eigenvalue weighted by Gasteiger charge is 2.15. The summed E-state index contributed by atoms with van der Waals surface area (Å²) in [4.78, 5) is 22.3. The summed E-state index contributed by atoms with van der Waals surface area (Å²) in [7, 11) is 1.76. The highest BCUT2D eigenvalue weighted by Crippen LogP contribution is 2.13. The van der Waals surface area contributed by atoms with Gasteiger partial charge in [0, 0.05) is 19.8 Å². The van der Waals surface area contributed by atoms with Crippen molar-refractivity contribution < 1.29 is 4.79 Å². The van der Waals surface area contributed by atoms with Crippen molar-refractivity contribution in [1.29, 1.82) is 0 Å². The maximum atomic E-state index is 12.0. The van der Waals surface area contributed by atoms with Crippen LogP contribution >= 0.6 is 12.4 Å². The number of nitrogens with two attached hydrogens (primary N) is 1. The summed E-state index contributed by atoms with van der Waals surface area (Å²) in [5.41, 5.74) is 6.43. The highest BCUT2D eigenvalue weighted by molar-refractivity contribution is 5.93. The van der Waals surface area contributed by atoms with Crippen LogP contribution in [-0.4, -0.2) is 44.1 Å². The molecule has 1 unspecified atom stereocenters. The summed E-state index contributed by atoms with van der Waals surface area (Å²) in [6, 6.07) is 3.23. The average molecular weight is 325 g/mol. The molecular weight excluding hydrogens is 304 g/mol. The second-order valence-electron chi connectivity index (χ2n) is 4.94. The molecule has 0 radical (unpaired) electrons. The molecule has 0 saturated carbocycles. The fourth-order valence-corrected chi connectivity index (χ4v) is 1.90. The zero-order chi connectivity index (χ0) is 15.6. The summed E-state index contributed by atoms with van der Waals surface area (Å²) in [6.07, 6.45) is 1.55. The van der Waals surface area contributed by atoms with Crippen LogP contribution < -0.4 is 5.73 Å². The first-order chi connectivity index (χ1) is 9.93. The number of carbonyl (C=O) groups is 1. The lowest BCUT2D eigenvalue weighted by Crippen LogP contribution is -2.26. The van der Waals surface area contributed by atoms with Gasteiger partial charge in [-0.3, -0.25) is 4.79 Å². The quantitative estimate of drug-likeness (QED) is 0.920. The van der Waals surface area contributed by atoms with Gasteiger partial charge in [-0.15, -0.1) is 17.5 Å². The lowest BCUT2D eigenvalue weighted by Gasteiger charge is -2.14. The predicted octanol–water partition coefficient (Wildman–Crippen LogP) is 1.50. The number of carbonyl (C=O) groups excluding carboxylic acids is 1. The van der Waals surface area contributed by atoms with Crippen LogP contribution in [0, 0.1) is 6.92 Å². The summed E-state index contributed by atoms with van der Waals surface area (Å²) < 4.78 is 1.61. The number of hydrogen-bond acceptors (Lipinski definition) is 5. The molecule has 0 aliphatic carbocycles. The van der Waals surface area contributed by atoms with Crippen molar-refractivity contribution in [2.75, 3.05) is 13.6 Å². The zero-order valence-corrected chi connectivity index (χ0v) is 14.0. The van der Waals surface area contributed by atoms with Gasteiger partial charge in [-0.05, 0) is 32.9 Å². The van der Waals surface area contributed by atoms with Gasteiger partial charge in [0.1, 0.15) is 5.82 Å². The molecule has 0 aromatic carbocycles. The van der Waals surface area contributed by atoms with E-state index >= 15 is 0 Å². The van der Waals surface area contributed by atoms with Crippen molar-refractivity contribution in [3.05, 3.63) is 35.5 Å². The molecular formula is C14H21ClN6O. The van der Waals surface area contributed by atoms with Gasteiger partial charge >= 0.3 is 0 Å². The molecule has 2 heterocycles. The van der Waals surface area contributed by atoms with Gasteiger partial charge in [0.25, 0.3) is 5.91 Å². The van der Waals surface area contributed by atoms with E-state index in [-0.39, 0.29) is 24.4 Å². The molecule has 120 valence electrons. The Kier molecular flexibility index (Phi) is 6.01. The monoisotopic (exact) mass is 324 g/mol. The number of pyridine rings is 1. The van der Waals surface area contributed by atoms with E-state index in [1.165, 1.54) is 0 Å². The predicted molar refractivity (Wildman–Crippen MR) is 86.4 cm³/mol. The Morgan fingerprint density at radius 3 is 2.64 bits per heavy atom. The second kappa shape index (κ2) is 7.33. The molecule has 22 heavy (non-hydrogen) atoms. The maximum absolute atomic E-state index is 12.0. The summed E-state index contributed by atoms with van der Waals surface area (Å²) in [5.74, 6) is 1.82. The third-order valence-corrected chi connectivity index (χ3v) is 3.18. The van der Waals surface area contributed by atoms with Crippen molar-refractivity contribution >= 4 is 18.3 Å². The van der Waals surface area contributed by atoms with Crippen molar-refractivity contribution in [2.24, 2.45) is 5.73 Å². The Labute approximate surface area is 136 Å². The minimum Gasteiger partial charge on any atom is -0.342 e. The third kappa shape index (κ3) is 3.61. The Balaban J connectivity index is 0.00000242. The van der Waals surface area contributed by atoms with Crippen molar-refractivity contribution in [3.8, 4) is 5.82 Å². The second-order valence-corrected chi connectivity index (χ2v) is 4.94. The van der Waals surface area contributed by atoms with E-state index in [0.29, 0.717) is 29.6 Å². The number of nitrogens with zero attached hydrogens (tertiary/aromatic N) is 5. The fourth-order valence-electron chi connectivity index (χ4n) is 1.90. The van der Waals surface area contributed by atoms with Gasteiger partial charge in [0.2, 0.25) is 0 Å². The third-order valence-electron chi connectivity index (χ3n) is 3.18. The number of amides is 1. The molecule has 2 aromatic rings. The van der Waals surface area contributed by atoms with E-state index in [0.717, 1.165) is 0 Å². The molecule has 1 atom stereocenters. The number of aromatic nitrogens is 4. The smallest absolute Gasteiger partial charge is 0.255 e. The maximum Gasteiger partial charge on any atom is 0.255 e. The van der Waals surface area contributed by atoms with Crippen LogP contribution in [0.5, 0.6) is 0 Å². The minimum atomic E-state index is -0.250. The molecule has 2 aromatic heterocycles. The van der Waals surface area contributed by atoms with Crippen LogP contribution in [0.2, 0.25) is 0 Å². The average Bonchev–Trinajstić information content (AvgIpc) is 2.88. The topological polar surface area (TPSA) is 89.9 Å². The largest absolute Gasteiger partial charge is 0.342 e. The number of hydrogen-bond donors (Lipinski definition) is 1. The highest BCUT2D eigenvalue weighted by atomic mass is 35.5. The zero-order valence-electron chi connectivity index (χ0n) is 13.1. The lowest BCUT2D eigenvalue weighted by atomic mass is 10.2. The van der Waals surface area contributed by atoms with E-state index in [9.17, 15) is 4.79 Å². The SMILES string of the molecule is CCN(C)C(=O)c1ccc(-n2nc(C)nc2C(C)N)nc1.Cl. The van der Waals surface area contributed by atoms with Gasteiger partial charge in [-0.2, -0.15) is 4.68 Å². The Bertz CT molecular complexity index is 637. The van der Waals surface area contributed by atoms with Crippen molar-refractivity contribution in [1.82, 2.24) is 24.6 Å². The molecule has 0 saturated heterocycles.